The highest BCUT2D eigenvalue weighted by atomic mass is 35.5. The van der Waals surface area contributed by atoms with Gasteiger partial charge in [-0.3, -0.25) is 4.90 Å². The second-order valence-corrected chi connectivity index (χ2v) is 6.39. The van der Waals surface area contributed by atoms with Gasteiger partial charge < -0.3 is 19.5 Å². The number of rotatable bonds is 8. The van der Waals surface area contributed by atoms with Crippen LogP contribution in [0.4, 0.5) is 5.82 Å². The molecular formula is C19H24ClN3O3. The number of benzene rings is 1. The van der Waals surface area contributed by atoms with Crippen molar-refractivity contribution in [2.75, 3.05) is 51.9 Å². The molecule has 1 N–H and O–H groups in total. The molecule has 1 fully saturated rings. The minimum absolute atomic E-state index is 0.546. The van der Waals surface area contributed by atoms with Gasteiger partial charge in [0.2, 0.25) is 0 Å². The molecular weight excluding hydrogens is 354 g/mol. The molecule has 7 heteroatoms. The van der Waals surface area contributed by atoms with Crippen LogP contribution in [-0.2, 0) is 11.3 Å². The van der Waals surface area contributed by atoms with E-state index in [9.17, 15) is 0 Å². The van der Waals surface area contributed by atoms with E-state index in [4.69, 9.17) is 25.8 Å². The van der Waals surface area contributed by atoms with E-state index < -0.39 is 0 Å². The summed E-state index contributed by atoms with van der Waals surface area (Å²) < 4.78 is 16.7. The quantitative estimate of drug-likeness (QED) is 0.763. The summed E-state index contributed by atoms with van der Waals surface area (Å²) in [5, 5.41) is 3.81. The number of pyridine rings is 1. The molecule has 0 aliphatic carbocycles. The van der Waals surface area contributed by atoms with Crippen LogP contribution in [0.3, 0.4) is 0 Å². The van der Waals surface area contributed by atoms with Gasteiger partial charge in [0.15, 0.2) is 11.5 Å². The third-order valence-electron chi connectivity index (χ3n) is 4.19. The van der Waals surface area contributed by atoms with Gasteiger partial charge in [0.05, 0.1) is 25.3 Å². The Labute approximate surface area is 159 Å². The summed E-state index contributed by atoms with van der Waals surface area (Å²) in [7, 11) is 1.62. The molecule has 3 rings (SSSR count). The van der Waals surface area contributed by atoms with Crippen LogP contribution in [-0.4, -0.2) is 56.4 Å². The summed E-state index contributed by atoms with van der Waals surface area (Å²) in [6.07, 6.45) is 1.75. The summed E-state index contributed by atoms with van der Waals surface area (Å²) in [5.74, 6) is 2.04. The highest BCUT2D eigenvalue weighted by Crippen LogP contribution is 2.36. The highest BCUT2D eigenvalue weighted by molar-refractivity contribution is 6.32. The molecule has 6 nitrogen and oxygen atoms in total. The molecule has 0 bridgehead atoms. The van der Waals surface area contributed by atoms with Crippen molar-refractivity contribution in [1.29, 1.82) is 0 Å². The maximum absolute atomic E-state index is 6.43. The summed E-state index contributed by atoms with van der Waals surface area (Å²) in [6.45, 7) is 5.43. The molecule has 26 heavy (non-hydrogen) atoms. The van der Waals surface area contributed by atoms with E-state index in [0.29, 0.717) is 29.7 Å². The van der Waals surface area contributed by atoms with Crippen LogP contribution in [0.2, 0.25) is 5.02 Å². The fraction of sp³-hybridized carbons (Fsp3) is 0.421. The van der Waals surface area contributed by atoms with Crippen molar-refractivity contribution in [2.45, 2.75) is 6.54 Å². The molecule has 140 valence electrons. The number of hydrogen-bond acceptors (Lipinski definition) is 6. The fourth-order valence-corrected chi connectivity index (χ4v) is 3.06. The number of methoxy groups -OCH3 is 1. The average molecular weight is 378 g/mol. The van der Waals surface area contributed by atoms with Crippen LogP contribution >= 0.6 is 11.6 Å². The van der Waals surface area contributed by atoms with Crippen molar-refractivity contribution in [3.05, 3.63) is 47.1 Å². The summed E-state index contributed by atoms with van der Waals surface area (Å²) >= 11 is 6.43. The SMILES string of the molecule is COc1cc(CNc2ccccn2)cc(Cl)c1OCCN1CCOCC1. The number of ether oxygens (including phenoxy) is 3. The molecule has 2 heterocycles. The Hall–Kier alpha value is -2.02. The Morgan fingerprint density at radius 3 is 2.85 bits per heavy atom. The minimum atomic E-state index is 0.546. The zero-order valence-electron chi connectivity index (χ0n) is 14.9. The Balaban J connectivity index is 1.59. The molecule has 1 aliphatic heterocycles. The van der Waals surface area contributed by atoms with Gasteiger partial charge >= 0.3 is 0 Å². The van der Waals surface area contributed by atoms with Gasteiger partial charge in [0.25, 0.3) is 0 Å². The van der Waals surface area contributed by atoms with Crippen molar-refractivity contribution < 1.29 is 14.2 Å². The number of anilines is 1. The standard InChI is InChI=1S/C19H24ClN3O3/c1-24-17-13-15(14-22-18-4-2-3-5-21-18)12-16(20)19(17)26-11-8-23-6-9-25-10-7-23/h2-5,12-13H,6-11,14H2,1H3,(H,21,22). The first kappa shape index (κ1) is 18.8. The molecule has 0 amide bonds. The molecule has 1 aromatic carbocycles. The molecule has 2 aromatic rings. The van der Waals surface area contributed by atoms with Gasteiger partial charge in [-0.25, -0.2) is 4.98 Å². The van der Waals surface area contributed by atoms with E-state index >= 15 is 0 Å². The van der Waals surface area contributed by atoms with Crippen molar-refractivity contribution in [3.8, 4) is 11.5 Å². The normalized spacial score (nSPS) is 14.8. The van der Waals surface area contributed by atoms with Crippen molar-refractivity contribution in [3.63, 3.8) is 0 Å². The zero-order chi connectivity index (χ0) is 18.2. The average Bonchev–Trinajstić information content (AvgIpc) is 2.69. The minimum Gasteiger partial charge on any atom is -0.493 e. The van der Waals surface area contributed by atoms with Gasteiger partial charge in [-0.05, 0) is 29.8 Å². The Morgan fingerprint density at radius 2 is 2.12 bits per heavy atom. The first-order valence-electron chi connectivity index (χ1n) is 8.70. The van der Waals surface area contributed by atoms with E-state index in [2.05, 4.69) is 15.2 Å². The van der Waals surface area contributed by atoms with Gasteiger partial charge in [0, 0.05) is 32.4 Å². The van der Waals surface area contributed by atoms with Crippen LogP contribution in [0.5, 0.6) is 11.5 Å². The number of hydrogen-bond donors (Lipinski definition) is 1. The lowest BCUT2D eigenvalue weighted by Crippen LogP contribution is -2.38. The highest BCUT2D eigenvalue weighted by Gasteiger charge is 2.14. The molecule has 0 spiro atoms. The van der Waals surface area contributed by atoms with Crippen molar-refractivity contribution in [2.24, 2.45) is 0 Å². The summed E-state index contributed by atoms with van der Waals surface area (Å²) in [6, 6.07) is 9.57. The second-order valence-electron chi connectivity index (χ2n) is 5.98. The largest absolute Gasteiger partial charge is 0.493 e. The summed E-state index contributed by atoms with van der Waals surface area (Å²) in [5.41, 5.74) is 0.998. The van der Waals surface area contributed by atoms with Gasteiger partial charge in [-0.1, -0.05) is 17.7 Å². The van der Waals surface area contributed by atoms with Crippen LogP contribution in [0.1, 0.15) is 5.56 Å². The van der Waals surface area contributed by atoms with Crippen molar-refractivity contribution in [1.82, 2.24) is 9.88 Å². The number of halogens is 1. The topological polar surface area (TPSA) is 55.8 Å². The molecule has 1 saturated heterocycles. The lowest BCUT2D eigenvalue weighted by atomic mass is 10.2. The lowest BCUT2D eigenvalue weighted by molar-refractivity contribution is 0.0321. The van der Waals surface area contributed by atoms with Crippen LogP contribution < -0.4 is 14.8 Å². The monoisotopic (exact) mass is 377 g/mol. The van der Waals surface area contributed by atoms with E-state index in [1.54, 1.807) is 13.3 Å². The predicted octanol–water partition coefficient (Wildman–Crippen LogP) is 3.07. The molecule has 1 aromatic heterocycles. The smallest absolute Gasteiger partial charge is 0.179 e. The van der Waals surface area contributed by atoms with Crippen LogP contribution in [0.25, 0.3) is 0 Å². The van der Waals surface area contributed by atoms with Crippen LogP contribution in [0, 0.1) is 0 Å². The van der Waals surface area contributed by atoms with E-state index in [1.807, 2.05) is 30.3 Å². The van der Waals surface area contributed by atoms with Gasteiger partial charge in [0.1, 0.15) is 12.4 Å². The molecule has 0 unspecified atom stereocenters. The Kier molecular flexibility index (Phi) is 6.94. The van der Waals surface area contributed by atoms with E-state index in [0.717, 1.165) is 44.2 Å². The van der Waals surface area contributed by atoms with E-state index in [-0.39, 0.29) is 0 Å². The summed E-state index contributed by atoms with van der Waals surface area (Å²) in [4.78, 5) is 6.56. The maximum atomic E-state index is 6.43. The van der Waals surface area contributed by atoms with Crippen molar-refractivity contribution >= 4 is 17.4 Å². The second kappa shape index (κ2) is 9.62. The third-order valence-corrected chi connectivity index (χ3v) is 4.47. The number of morpholine rings is 1. The predicted molar refractivity (Wildman–Crippen MR) is 102 cm³/mol. The van der Waals surface area contributed by atoms with Gasteiger partial charge in [-0.2, -0.15) is 0 Å². The third kappa shape index (κ3) is 5.24. The number of nitrogens with zero attached hydrogens (tertiary/aromatic N) is 2. The fourth-order valence-electron chi connectivity index (χ4n) is 2.78. The first-order chi connectivity index (χ1) is 12.8. The maximum Gasteiger partial charge on any atom is 0.179 e. The first-order valence-corrected chi connectivity index (χ1v) is 9.08. The van der Waals surface area contributed by atoms with Gasteiger partial charge in [-0.15, -0.1) is 0 Å². The zero-order valence-corrected chi connectivity index (χ0v) is 15.7. The van der Waals surface area contributed by atoms with E-state index in [1.165, 1.54) is 0 Å². The van der Waals surface area contributed by atoms with Crippen LogP contribution in [0.15, 0.2) is 36.5 Å². The molecule has 0 saturated carbocycles. The molecule has 1 aliphatic rings. The molecule has 0 atom stereocenters. The lowest BCUT2D eigenvalue weighted by Gasteiger charge is -2.26. The number of aromatic nitrogens is 1. The number of nitrogens with one attached hydrogen (secondary N) is 1. The Morgan fingerprint density at radius 1 is 1.27 bits per heavy atom. The Bertz CT molecular complexity index is 694. The molecule has 0 radical (unpaired) electrons.